The number of fused-ring (bicyclic) bond motifs is 1. The number of aryl methyl sites for hydroxylation is 1. The van der Waals surface area contributed by atoms with Crippen LogP contribution in [0.1, 0.15) is 43.0 Å². The number of ether oxygens (including phenoxy) is 2. The van der Waals surface area contributed by atoms with Gasteiger partial charge in [0.1, 0.15) is 5.71 Å². The maximum absolute atomic E-state index is 6.11. The SMILES string of the molecule is COc1ccc2c(c1OC(C)C)CC(C)=NN=C2c1ccc(C)cc1. The molecule has 3 rings (SSSR count). The third kappa shape index (κ3) is 3.58. The number of hydrogen-bond donors (Lipinski definition) is 0. The average molecular weight is 336 g/mol. The minimum Gasteiger partial charge on any atom is -0.493 e. The monoisotopic (exact) mass is 336 g/mol. The fourth-order valence-electron chi connectivity index (χ4n) is 2.93. The summed E-state index contributed by atoms with van der Waals surface area (Å²) in [5.41, 5.74) is 6.20. The van der Waals surface area contributed by atoms with E-state index in [0.717, 1.165) is 39.6 Å². The molecule has 1 aliphatic rings. The molecule has 0 unspecified atom stereocenters. The van der Waals surface area contributed by atoms with Crippen LogP contribution in [0.3, 0.4) is 0 Å². The van der Waals surface area contributed by atoms with E-state index in [1.807, 2.05) is 32.9 Å². The van der Waals surface area contributed by atoms with Gasteiger partial charge in [0.15, 0.2) is 11.5 Å². The Labute approximate surface area is 149 Å². The molecule has 0 atom stereocenters. The molecule has 0 aromatic heterocycles. The van der Waals surface area contributed by atoms with Crippen molar-refractivity contribution >= 4 is 11.4 Å². The Kier molecular flexibility index (Phi) is 4.88. The number of benzene rings is 2. The van der Waals surface area contributed by atoms with Crippen LogP contribution in [0.25, 0.3) is 0 Å². The maximum Gasteiger partial charge on any atom is 0.165 e. The summed E-state index contributed by atoms with van der Waals surface area (Å²) in [6, 6.07) is 12.3. The van der Waals surface area contributed by atoms with Gasteiger partial charge in [0.25, 0.3) is 0 Å². The molecule has 2 aromatic carbocycles. The highest BCUT2D eigenvalue weighted by molar-refractivity contribution is 6.15. The van der Waals surface area contributed by atoms with Crippen molar-refractivity contribution in [3.63, 3.8) is 0 Å². The summed E-state index contributed by atoms with van der Waals surface area (Å²) in [4.78, 5) is 0. The summed E-state index contributed by atoms with van der Waals surface area (Å²) in [7, 11) is 1.67. The lowest BCUT2D eigenvalue weighted by Gasteiger charge is -2.20. The van der Waals surface area contributed by atoms with Gasteiger partial charge in [0, 0.05) is 28.8 Å². The van der Waals surface area contributed by atoms with Crippen molar-refractivity contribution in [2.75, 3.05) is 7.11 Å². The first-order chi connectivity index (χ1) is 12.0. The van der Waals surface area contributed by atoms with E-state index in [4.69, 9.17) is 9.47 Å². The third-order valence-electron chi connectivity index (χ3n) is 4.13. The van der Waals surface area contributed by atoms with Gasteiger partial charge in [-0.15, -0.1) is 5.10 Å². The lowest BCUT2D eigenvalue weighted by Crippen LogP contribution is -2.13. The molecule has 4 heteroatoms. The molecule has 0 aliphatic carbocycles. The standard InChI is InChI=1S/C21H24N2O2/c1-13(2)25-21-18-12-15(4)22-23-20(16-8-6-14(3)7-9-16)17(18)10-11-19(21)24-5/h6-11,13H,12H2,1-5H3. The maximum atomic E-state index is 6.11. The van der Waals surface area contributed by atoms with Gasteiger partial charge in [0.2, 0.25) is 0 Å². The Hall–Kier alpha value is -2.62. The molecule has 1 heterocycles. The van der Waals surface area contributed by atoms with E-state index in [2.05, 4.69) is 41.4 Å². The van der Waals surface area contributed by atoms with E-state index in [0.29, 0.717) is 6.42 Å². The van der Waals surface area contributed by atoms with Crippen molar-refractivity contribution in [2.45, 2.75) is 40.2 Å². The highest BCUT2D eigenvalue weighted by Crippen LogP contribution is 2.37. The van der Waals surface area contributed by atoms with Crippen molar-refractivity contribution in [1.82, 2.24) is 0 Å². The summed E-state index contributed by atoms with van der Waals surface area (Å²) in [5, 5.41) is 8.93. The van der Waals surface area contributed by atoms with Crippen molar-refractivity contribution in [3.8, 4) is 11.5 Å². The van der Waals surface area contributed by atoms with Crippen LogP contribution in [0.2, 0.25) is 0 Å². The molecule has 0 saturated carbocycles. The Bertz CT molecular complexity index is 834. The molecule has 0 spiro atoms. The van der Waals surface area contributed by atoms with Gasteiger partial charge in [-0.3, -0.25) is 0 Å². The number of rotatable bonds is 4. The Morgan fingerprint density at radius 1 is 0.960 bits per heavy atom. The molecule has 0 fully saturated rings. The van der Waals surface area contributed by atoms with Crippen LogP contribution in [0.15, 0.2) is 46.6 Å². The molecular formula is C21H24N2O2. The molecule has 25 heavy (non-hydrogen) atoms. The van der Waals surface area contributed by atoms with Crippen LogP contribution >= 0.6 is 0 Å². The Balaban J connectivity index is 2.21. The first-order valence-corrected chi connectivity index (χ1v) is 8.54. The van der Waals surface area contributed by atoms with Crippen LogP contribution in [0.5, 0.6) is 11.5 Å². The smallest absolute Gasteiger partial charge is 0.165 e. The quantitative estimate of drug-likeness (QED) is 0.821. The van der Waals surface area contributed by atoms with Crippen LogP contribution in [0, 0.1) is 6.92 Å². The van der Waals surface area contributed by atoms with Crippen molar-refractivity contribution in [3.05, 3.63) is 58.7 Å². The zero-order valence-corrected chi connectivity index (χ0v) is 15.5. The fraction of sp³-hybridized carbons (Fsp3) is 0.333. The second-order valence-corrected chi connectivity index (χ2v) is 6.62. The molecule has 0 N–H and O–H groups in total. The van der Waals surface area contributed by atoms with E-state index >= 15 is 0 Å². The number of hydrogen-bond acceptors (Lipinski definition) is 4. The lowest BCUT2D eigenvalue weighted by molar-refractivity contribution is 0.228. The van der Waals surface area contributed by atoms with Gasteiger partial charge in [-0.05, 0) is 39.8 Å². The van der Waals surface area contributed by atoms with Gasteiger partial charge >= 0.3 is 0 Å². The Morgan fingerprint density at radius 2 is 1.68 bits per heavy atom. The van der Waals surface area contributed by atoms with Crippen molar-refractivity contribution in [1.29, 1.82) is 0 Å². The molecule has 0 amide bonds. The van der Waals surface area contributed by atoms with Crippen molar-refractivity contribution < 1.29 is 9.47 Å². The summed E-state index contributed by atoms with van der Waals surface area (Å²) in [6.45, 7) is 8.11. The van der Waals surface area contributed by atoms with Gasteiger partial charge in [-0.1, -0.05) is 29.8 Å². The van der Waals surface area contributed by atoms with Gasteiger partial charge in [0.05, 0.1) is 13.2 Å². The molecule has 1 aliphatic heterocycles. The second kappa shape index (κ2) is 7.09. The highest BCUT2D eigenvalue weighted by atomic mass is 16.5. The topological polar surface area (TPSA) is 43.2 Å². The first-order valence-electron chi connectivity index (χ1n) is 8.54. The van der Waals surface area contributed by atoms with Gasteiger partial charge in [-0.2, -0.15) is 5.10 Å². The zero-order chi connectivity index (χ0) is 18.0. The molecule has 4 nitrogen and oxygen atoms in total. The van der Waals surface area contributed by atoms with E-state index in [1.165, 1.54) is 5.56 Å². The molecule has 0 saturated heterocycles. The van der Waals surface area contributed by atoms with E-state index in [-0.39, 0.29) is 6.10 Å². The van der Waals surface area contributed by atoms with Gasteiger partial charge in [-0.25, -0.2) is 0 Å². The molecule has 2 aromatic rings. The molecule has 0 radical (unpaired) electrons. The zero-order valence-electron chi connectivity index (χ0n) is 15.5. The van der Waals surface area contributed by atoms with E-state index in [9.17, 15) is 0 Å². The summed E-state index contributed by atoms with van der Waals surface area (Å²) in [5.74, 6) is 1.52. The van der Waals surface area contributed by atoms with Crippen LogP contribution in [-0.2, 0) is 6.42 Å². The highest BCUT2D eigenvalue weighted by Gasteiger charge is 2.23. The first kappa shape index (κ1) is 17.2. The minimum absolute atomic E-state index is 0.0562. The normalized spacial score (nSPS) is 13.7. The lowest BCUT2D eigenvalue weighted by atomic mass is 9.93. The molecule has 130 valence electrons. The molecule has 0 bridgehead atoms. The van der Waals surface area contributed by atoms with Crippen molar-refractivity contribution in [2.24, 2.45) is 10.2 Å². The van der Waals surface area contributed by atoms with E-state index < -0.39 is 0 Å². The minimum atomic E-state index is 0.0562. The van der Waals surface area contributed by atoms with Crippen LogP contribution < -0.4 is 9.47 Å². The van der Waals surface area contributed by atoms with Crippen LogP contribution in [-0.4, -0.2) is 24.6 Å². The summed E-state index contributed by atoms with van der Waals surface area (Å²) in [6.07, 6.45) is 0.744. The Morgan fingerprint density at radius 3 is 2.32 bits per heavy atom. The predicted molar refractivity (Wildman–Crippen MR) is 102 cm³/mol. The summed E-state index contributed by atoms with van der Waals surface area (Å²) >= 11 is 0. The largest absolute Gasteiger partial charge is 0.493 e. The second-order valence-electron chi connectivity index (χ2n) is 6.62. The average Bonchev–Trinajstić information content (AvgIpc) is 2.74. The van der Waals surface area contributed by atoms with Crippen LogP contribution in [0.4, 0.5) is 0 Å². The van der Waals surface area contributed by atoms with Gasteiger partial charge < -0.3 is 9.47 Å². The van der Waals surface area contributed by atoms with E-state index in [1.54, 1.807) is 7.11 Å². The predicted octanol–water partition coefficient (Wildman–Crippen LogP) is 4.56. The third-order valence-corrected chi connectivity index (χ3v) is 4.13. The summed E-state index contributed by atoms with van der Waals surface area (Å²) < 4.78 is 11.6. The number of nitrogens with zero attached hydrogens (tertiary/aromatic N) is 2. The molecular weight excluding hydrogens is 312 g/mol. The fourth-order valence-corrected chi connectivity index (χ4v) is 2.93. The number of methoxy groups -OCH3 is 1.